The fraction of sp³-hybridized carbons (Fsp3) is 0.652. The third-order valence-corrected chi connectivity index (χ3v) is 8.44. The summed E-state index contributed by atoms with van der Waals surface area (Å²) >= 11 is 0. The third-order valence-electron chi connectivity index (χ3n) is 6.52. The van der Waals surface area contributed by atoms with Crippen LogP contribution in [0.3, 0.4) is 0 Å². The van der Waals surface area contributed by atoms with Crippen LogP contribution in [-0.4, -0.2) is 61.7 Å². The maximum absolute atomic E-state index is 13.0. The van der Waals surface area contributed by atoms with Gasteiger partial charge in [0, 0.05) is 43.7 Å². The number of nitrogens with zero attached hydrogens (tertiary/aromatic N) is 2. The van der Waals surface area contributed by atoms with E-state index >= 15 is 0 Å². The Hall–Kier alpha value is -1.93. The van der Waals surface area contributed by atoms with Gasteiger partial charge < -0.3 is 10.2 Å². The van der Waals surface area contributed by atoms with Crippen LogP contribution in [0.4, 0.5) is 0 Å². The molecule has 1 saturated carbocycles. The molecule has 1 aliphatic heterocycles. The van der Waals surface area contributed by atoms with Crippen LogP contribution in [0.2, 0.25) is 0 Å². The maximum Gasteiger partial charge on any atom is 0.251 e. The Balaban J connectivity index is 1.57. The van der Waals surface area contributed by atoms with Gasteiger partial charge in [-0.05, 0) is 49.9 Å². The molecule has 0 atom stereocenters. The number of carbonyl (C=O) groups is 2. The highest BCUT2D eigenvalue weighted by Gasteiger charge is 2.29. The molecule has 1 N–H and O–H groups in total. The predicted molar refractivity (Wildman–Crippen MR) is 120 cm³/mol. The van der Waals surface area contributed by atoms with Crippen LogP contribution in [0.5, 0.6) is 0 Å². The van der Waals surface area contributed by atoms with Crippen LogP contribution < -0.4 is 5.32 Å². The Morgan fingerprint density at radius 1 is 1.00 bits per heavy atom. The topological polar surface area (TPSA) is 86.8 Å². The predicted octanol–water partition coefficient (Wildman–Crippen LogP) is 3.02. The number of hydrogen-bond donors (Lipinski definition) is 1. The van der Waals surface area contributed by atoms with Crippen molar-refractivity contribution in [3.05, 3.63) is 29.8 Å². The Kier molecular flexibility index (Phi) is 7.75. The van der Waals surface area contributed by atoms with Crippen molar-refractivity contribution < 1.29 is 18.0 Å². The number of hydrogen-bond acceptors (Lipinski definition) is 4. The van der Waals surface area contributed by atoms with Crippen LogP contribution in [-0.2, 0) is 14.8 Å². The molecule has 172 valence electrons. The molecule has 1 saturated heterocycles. The van der Waals surface area contributed by atoms with Crippen molar-refractivity contribution in [1.29, 1.82) is 0 Å². The molecule has 0 radical (unpaired) electrons. The van der Waals surface area contributed by atoms with Gasteiger partial charge in [-0.15, -0.1) is 0 Å². The molecule has 3 rings (SSSR count). The fourth-order valence-electron chi connectivity index (χ4n) is 4.46. The number of carbonyl (C=O) groups excluding carboxylic acids is 2. The second kappa shape index (κ2) is 10.1. The molecule has 31 heavy (non-hydrogen) atoms. The van der Waals surface area contributed by atoms with E-state index in [0.717, 1.165) is 38.5 Å². The molecular formula is C23H35N3O4S. The van der Waals surface area contributed by atoms with Gasteiger partial charge >= 0.3 is 0 Å². The first-order valence-electron chi connectivity index (χ1n) is 11.4. The van der Waals surface area contributed by atoms with Gasteiger partial charge in [0.25, 0.3) is 5.91 Å². The van der Waals surface area contributed by atoms with Crippen molar-refractivity contribution in [2.24, 2.45) is 5.92 Å². The van der Waals surface area contributed by atoms with E-state index in [1.807, 2.05) is 18.7 Å². The largest absolute Gasteiger partial charge is 0.349 e. The SMILES string of the molecule is CC(C)C(=O)N1CCC(NC(=O)c2ccc(S(=O)(=O)N(C)C3CCCCC3)cc2)CC1. The van der Waals surface area contributed by atoms with Gasteiger partial charge in [-0.2, -0.15) is 4.31 Å². The second-order valence-electron chi connectivity index (χ2n) is 9.07. The number of sulfonamides is 1. The smallest absolute Gasteiger partial charge is 0.251 e. The summed E-state index contributed by atoms with van der Waals surface area (Å²) in [5.74, 6) is -0.0731. The highest BCUT2D eigenvalue weighted by molar-refractivity contribution is 7.89. The summed E-state index contributed by atoms with van der Waals surface area (Å²) in [5.41, 5.74) is 0.444. The van der Waals surface area contributed by atoms with Crippen LogP contribution in [0.25, 0.3) is 0 Å². The van der Waals surface area contributed by atoms with Gasteiger partial charge in [-0.1, -0.05) is 33.1 Å². The van der Waals surface area contributed by atoms with Gasteiger partial charge in [-0.3, -0.25) is 9.59 Å². The molecule has 0 bridgehead atoms. The number of benzene rings is 1. The highest BCUT2D eigenvalue weighted by atomic mass is 32.2. The first-order valence-corrected chi connectivity index (χ1v) is 12.8. The lowest BCUT2D eigenvalue weighted by molar-refractivity contribution is -0.135. The lowest BCUT2D eigenvalue weighted by atomic mass is 9.96. The molecule has 1 aromatic rings. The Morgan fingerprint density at radius 3 is 2.13 bits per heavy atom. The third kappa shape index (κ3) is 5.66. The molecule has 1 heterocycles. The number of nitrogens with one attached hydrogen (secondary N) is 1. The number of likely N-dealkylation sites (tertiary alicyclic amines) is 1. The normalized spacial score (nSPS) is 19.1. The molecule has 2 aliphatic rings. The van der Waals surface area contributed by atoms with Crippen molar-refractivity contribution in [3.63, 3.8) is 0 Å². The molecule has 2 fully saturated rings. The standard InChI is InChI=1S/C23H35N3O4S/c1-17(2)23(28)26-15-13-19(14-16-26)24-22(27)18-9-11-21(12-10-18)31(29,30)25(3)20-7-5-4-6-8-20/h9-12,17,19-20H,4-8,13-16H2,1-3H3,(H,24,27). The molecule has 7 nitrogen and oxygen atoms in total. The van der Waals surface area contributed by atoms with Gasteiger partial charge in [0.1, 0.15) is 0 Å². The molecule has 1 aromatic carbocycles. The number of amides is 2. The van der Waals surface area contributed by atoms with E-state index in [0.29, 0.717) is 18.7 Å². The molecule has 0 aromatic heterocycles. The molecule has 0 spiro atoms. The van der Waals surface area contributed by atoms with Gasteiger partial charge in [0.15, 0.2) is 0 Å². The quantitative estimate of drug-likeness (QED) is 0.723. The lowest BCUT2D eigenvalue weighted by Crippen LogP contribution is -2.47. The van der Waals surface area contributed by atoms with Gasteiger partial charge in [0.2, 0.25) is 15.9 Å². The first kappa shape index (κ1) is 23.7. The molecular weight excluding hydrogens is 414 g/mol. The summed E-state index contributed by atoms with van der Waals surface area (Å²) in [7, 11) is -1.91. The van der Waals surface area contributed by atoms with E-state index in [1.165, 1.54) is 22.9 Å². The minimum absolute atomic E-state index is 0.0157. The van der Waals surface area contributed by atoms with E-state index in [2.05, 4.69) is 5.32 Å². The van der Waals surface area contributed by atoms with Crippen molar-refractivity contribution in [1.82, 2.24) is 14.5 Å². The minimum Gasteiger partial charge on any atom is -0.349 e. The van der Waals surface area contributed by atoms with Gasteiger partial charge in [-0.25, -0.2) is 8.42 Å². The maximum atomic E-state index is 13.0. The summed E-state index contributed by atoms with van der Waals surface area (Å²) < 4.78 is 27.4. The zero-order chi connectivity index (χ0) is 22.6. The summed E-state index contributed by atoms with van der Waals surface area (Å²) in [4.78, 5) is 26.8. The summed E-state index contributed by atoms with van der Waals surface area (Å²) in [6, 6.07) is 6.27. The van der Waals surface area contributed by atoms with Crippen molar-refractivity contribution in [2.45, 2.75) is 75.8 Å². The average molecular weight is 450 g/mol. The first-order chi connectivity index (χ1) is 14.7. The summed E-state index contributed by atoms with van der Waals surface area (Å²) in [6.45, 7) is 5.08. The zero-order valence-corrected chi connectivity index (χ0v) is 19.7. The molecule has 0 unspecified atom stereocenters. The van der Waals surface area contributed by atoms with E-state index < -0.39 is 10.0 Å². The number of rotatable bonds is 6. The molecule has 8 heteroatoms. The Bertz CT molecular complexity index is 869. The average Bonchev–Trinajstić information content (AvgIpc) is 2.79. The Morgan fingerprint density at radius 2 is 1.58 bits per heavy atom. The zero-order valence-electron chi connectivity index (χ0n) is 18.8. The second-order valence-corrected chi connectivity index (χ2v) is 11.1. The summed E-state index contributed by atoms with van der Waals surface area (Å²) in [5, 5.41) is 3.02. The molecule has 1 aliphatic carbocycles. The van der Waals surface area contributed by atoms with Crippen LogP contribution in [0.15, 0.2) is 29.2 Å². The highest BCUT2D eigenvalue weighted by Crippen LogP contribution is 2.26. The van der Waals surface area contributed by atoms with E-state index in [4.69, 9.17) is 0 Å². The van der Waals surface area contributed by atoms with Crippen LogP contribution in [0, 0.1) is 5.92 Å². The van der Waals surface area contributed by atoms with Crippen molar-refractivity contribution in [2.75, 3.05) is 20.1 Å². The number of piperidine rings is 1. The van der Waals surface area contributed by atoms with Crippen LogP contribution >= 0.6 is 0 Å². The minimum atomic E-state index is -3.57. The van der Waals surface area contributed by atoms with Crippen molar-refractivity contribution >= 4 is 21.8 Å². The van der Waals surface area contributed by atoms with E-state index in [1.54, 1.807) is 19.2 Å². The van der Waals surface area contributed by atoms with Gasteiger partial charge in [0.05, 0.1) is 4.90 Å². The van der Waals surface area contributed by atoms with E-state index in [9.17, 15) is 18.0 Å². The molecule has 2 amide bonds. The van der Waals surface area contributed by atoms with E-state index in [-0.39, 0.29) is 34.7 Å². The van der Waals surface area contributed by atoms with Crippen LogP contribution in [0.1, 0.15) is 69.2 Å². The monoisotopic (exact) mass is 449 g/mol. The lowest BCUT2D eigenvalue weighted by Gasteiger charge is -2.33. The fourth-order valence-corrected chi connectivity index (χ4v) is 5.88. The van der Waals surface area contributed by atoms with Crippen molar-refractivity contribution in [3.8, 4) is 0 Å². The summed E-state index contributed by atoms with van der Waals surface area (Å²) in [6.07, 6.45) is 6.55. The Labute approximate surface area is 186 Å².